The minimum atomic E-state index is 0.114. The van der Waals surface area contributed by atoms with Crippen LogP contribution in [0.5, 0.6) is 0 Å². The summed E-state index contributed by atoms with van der Waals surface area (Å²) >= 11 is 0. The van der Waals surface area contributed by atoms with Gasteiger partial charge in [-0.25, -0.2) is 0 Å². The average Bonchev–Trinajstić information content (AvgIpc) is 2.74. The maximum absolute atomic E-state index is 11.9. The van der Waals surface area contributed by atoms with E-state index in [-0.39, 0.29) is 12.0 Å². The van der Waals surface area contributed by atoms with Crippen molar-refractivity contribution in [3.63, 3.8) is 0 Å². The highest BCUT2D eigenvalue weighted by Crippen LogP contribution is 2.23. The highest BCUT2D eigenvalue weighted by molar-refractivity contribution is 5.82. The van der Waals surface area contributed by atoms with Crippen molar-refractivity contribution in [1.29, 1.82) is 0 Å². The normalized spacial score (nSPS) is 24.6. The Labute approximate surface area is 96.6 Å². The van der Waals surface area contributed by atoms with Crippen LogP contribution in [0.2, 0.25) is 0 Å². The molecule has 0 aliphatic carbocycles. The van der Waals surface area contributed by atoms with Gasteiger partial charge in [0.15, 0.2) is 0 Å². The lowest BCUT2D eigenvalue weighted by Crippen LogP contribution is -2.21. The molecule has 1 aromatic carbocycles. The number of ketones is 1. The number of hydrogen-bond acceptors (Lipinski definition) is 2. The van der Waals surface area contributed by atoms with Gasteiger partial charge in [0, 0.05) is 18.9 Å². The van der Waals surface area contributed by atoms with Gasteiger partial charge in [-0.3, -0.25) is 4.79 Å². The Hall–Kier alpha value is -1.15. The van der Waals surface area contributed by atoms with Crippen molar-refractivity contribution >= 4 is 5.78 Å². The predicted molar refractivity (Wildman–Crippen MR) is 63.3 cm³/mol. The molecule has 0 N–H and O–H groups in total. The van der Waals surface area contributed by atoms with Gasteiger partial charge in [-0.2, -0.15) is 0 Å². The first-order valence-corrected chi connectivity index (χ1v) is 5.95. The lowest BCUT2D eigenvalue weighted by Gasteiger charge is -2.12. The van der Waals surface area contributed by atoms with Crippen molar-refractivity contribution in [3.05, 3.63) is 35.9 Å². The van der Waals surface area contributed by atoms with E-state index in [0.29, 0.717) is 12.2 Å². The van der Waals surface area contributed by atoms with E-state index in [4.69, 9.17) is 4.74 Å². The number of benzene rings is 1. The third kappa shape index (κ3) is 2.70. The van der Waals surface area contributed by atoms with Gasteiger partial charge in [-0.15, -0.1) is 0 Å². The summed E-state index contributed by atoms with van der Waals surface area (Å²) in [5, 5.41) is 0. The molecule has 0 bridgehead atoms. The quantitative estimate of drug-likeness (QED) is 0.776. The largest absolute Gasteiger partial charge is 0.378 e. The first kappa shape index (κ1) is 11.3. The van der Waals surface area contributed by atoms with Gasteiger partial charge in [-0.05, 0) is 25.3 Å². The van der Waals surface area contributed by atoms with Crippen LogP contribution in [-0.2, 0) is 16.0 Å². The Morgan fingerprint density at radius 2 is 2.12 bits per heavy atom. The number of carbonyl (C=O) groups is 1. The Morgan fingerprint density at radius 3 is 2.75 bits per heavy atom. The molecule has 0 radical (unpaired) electrons. The fourth-order valence-electron chi connectivity index (χ4n) is 2.25. The summed E-state index contributed by atoms with van der Waals surface area (Å²) in [6, 6.07) is 10.2. The van der Waals surface area contributed by atoms with Crippen molar-refractivity contribution in [1.82, 2.24) is 0 Å². The monoisotopic (exact) mass is 218 g/mol. The van der Waals surface area contributed by atoms with Crippen LogP contribution in [0.1, 0.15) is 25.3 Å². The zero-order chi connectivity index (χ0) is 11.4. The minimum absolute atomic E-state index is 0.114. The van der Waals surface area contributed by atoms with E-state index in [1.54, 1.807) is 0 Å². The van der Waals surface area contributed by atoms with Crippen LogP contribution >= 0.6 is 0 Å². The first-order chi connectivity index (χ1) is 7.77. The summed E-state index contributed by atoms with van der Waals surface area (Å²) < 4.78 is 5.42. The summed E-state index contributed by atoms with van der Waals surface area (Å²) in [5.74, 6) is 0.484. The lowest BCUT2D eigenvalue weighted by molar-refractivity contribution is -0.124. The number of aryl methyl sites for hydroxylation is 1. The van der Waals surface area contributed by atoms with E-state index in [1.165, 1.54) is 5.56 Å². The van der Waals surface area contributed by atoms with Crippen molar-refractivity contribution < 1.29 is 9.53 Å². The van der Waals surface area contributed by atoms with Crippen LogP contribution in [0.4, 0.5) is 0 Å². The molecule has 0 aromatic heterocycles. The maximum Gasteiger partial charge on any atom is 0.138 e. The molecule has 1 fully saturated rings. The van der Waals surface area contributed by atoms with Gasteiger partial charge < -0.3 is 4.74 Å². The smallest absolute Gasteiger partial charge is 0.138 e. The van der Waals surface area contributed by atoms with Gasteiger partial charge in [0.2, 0.25) is 0 Å². The molecular formula is C14H18O2. The summed E-state index contributed by atoms with van der Waals surface area (Å²) in [6.45, 7) is 2.74. The van der Waals surface area contributed by atoms with E-state index >= 15 is 0 Å². The van der Waals surface area contributed by atoms with Crippen molar-refractivity contribution in [2.45, 2.75) is 32.3 Å². The second-order valence-corrected chi connectivity index (χ2v) is 4.42. The minimum Gasteiger partial charge on any atom is -0.378 e. The van der Waals surface area contributed by atoms with Crippen molar-refractivity contribution in [2.75, 3.05) is 6.61 Å². The van der Waals surface area contributed by atoms with Crippen LogP contribution in [0.15, 0.2) is 30.3 Å². The SMILES string of the molecule is CC1OCCC1C(=O)CCc1ccccc1. The van der Waals surface area contributed by atoms with Gasteiger partial charge in [0.05, 0.1) is 6.10 Å². The number of carbonyl (C=O) groups excluding carboxylic acids is 1. The van der Waals surface area contributed by atoms with Crippen LogP contribution in [-0.4, -0.2) is 18.5 Å². The highest BCUT2D eigenvalue weighted by atomic mass is 16.5. The number of Topliss-reactive ketones (excluding diaryl/α,β-unsaturated/α-hetero) is 1. The lowest BCUT2D eigenvalue weighted by atomic mass is 9.93. The molecule has 2 rings (SSSR count). The Balaban J connectivity index is 1.84. The zero-order valence-electron chi connectivity index (χ0n) is 9.69. The standard InChI is InChI=1S/C14H18O2/c1-11-13(9-10-16-11)14(15)8-7-12-5-3-2-4-6-12/h2-6,11,13H,7-10H2,1H3. The van der Waals surface area contributed by atoms with Gasteiger partial charge in [-0.1, -0.05) is 30.3 Å². The first-order valence-electron chi connectivity index (χ1n) is 5.95. The molecule has 0 saturated carbocycles. The molecule has 1 aliphatic heterocycles. The summed E-state index contributed by atoms with van der Waals surface area (Å²) in [6.07, 6.45) is 2.50. The molecule has 1 aliphatic rings. The number of rotatable bonds is 4. The third-order valence-electron chi connectivity index (χ3n) is 3.29. The van der Waals surface area contributed by atoms with Crippen LogP contribution in [0, 0.1) is 5.92 Å². The van der Waals surface area contributed by atoms with Crippen molar-refractivity contribution in [2.24, 2.45) is 5.92 Å². The van der Waals surface area contributed by atoms with Gasteiger partial charge >= 0.3 is 0 Å². The van der Waals surface area contributed by atoms with E-state index in [2.05, 4.69) is 12.1 Å². The fourth-order valence-corrected chi connectivity index (χ4v) is 2.25. The summed E-state index contributed by atoms with van der Waals surface area (Å²) in [4.78, 5) is 11.9. The second kappa shape index (κ2) is 5.26. The molecule has 16 heavy (non-hydrogen) atoms. The van der Waals surface area contributed by atoms with Crippen molar-refractivity contribution in [3.8, 4) is 0 Å². The van der Waals surface area contributed by atoms with Gasteiger partial charge in [0.25, 0.3) is 0 Å². The molecule has 2 unspecified atom stereocenters. The molecule has 1 saturated heterocycles. The van der Waals surface area contributed by atoms with E-state index in [1.807, 2.05) is 25.1 Å². The molecular weight excluding hydrogens is 200 g/mol. The Morgan fingerprint density at radius 1 is 1.38 bits per heavy atom. The zero-order valence-corrected chi connectivity index (χ0v) is 9.69. The summed E-state index contributed by atoms with van der Waals surface area (Å²) in [5.41, 5.74) is 1.24. The average molecular weight is 218 g/mol. The Kier molecular flexibility index (Phi) is 3.73. The van der Waals surface area contributed by atoms with E-state index in [9.17, 15) is 4.79 Å². The Bertz CT molecular complexity index is 345. The maximum atomic E-state index is 11.9. The topological polar surface area (TPSA) is 26.3 Å². The predicted octanol–water partition coefficient (Wildman–Crippen LogP) is 2.61. The molecule has 86 valence electrons. The summed E-state index contributed by atoms with van der Waals surface area (Å²) in [7, 11) is 0. The number of ether oxygens (including phenoxy) is 1. The highest BCUT2D eigenvalue weighted by Gasteiger charge is 2.29. The van der Waals surface area contributed by atoms with E-state index < -0.39 is 0 Å². The van der Waals surface area contributed by atoms with Crippen LogP contribution < -0.4 is 0 Å². The molecule has 2 atom stereocenters. The molecule has 2 nitrogen and oxygen atoms in total. The molecule has 0 amide bonds. The van der Waals surface area contributed by atoms with E-state index in [0.717, 1.165) is 19.4 Å². The van der Waals surface area contributed by atoms with Gasteiger partial charge in [0.1, 0.15) is 5.78 Å². The number of hydrogen-bond donors (Lipinski definition) is 0. The van der Waals surface area contributed by atoms with Crippen LogP contribution in [0.25, 0.3) is 0 Å². The molecule has 1 aromatic rings. The molecule has 2 heteroatoms. The third-order valence-corrected chi connectivity index (χ3v) is 3.29. The molecule has 1 heterocycles. The molecule has 0 spiro atoms. The van der Waals surface area contributed by atoms with Crippen LogP contribution in [0.3, 0.4) is 0 Å². The second-order valence-electron chi connectivity index (χ2n) is 4.42. The fraction of sp³-hybridized carbons (Fsp3) is 0.500.